The van der Waals surface area contributed by atoms with Gasteiger partial charge < -0.3 is 5.32 Å². The van der Waals surface area contributed by atoms with Crippen molar-refractivity contribution >= 4 is 17.2 Å². The van der Waals surface area contributed by atoms with E-state index in [0.717, 1.165) is 10.4 Å². The number of hydrogen-bond donors (Lipinski definition) is 1. The number of amides is 1. The number of nitrogens with zero attached hydrogens (tertiary/aromatic N) is 3. The van der Waals surface area contributed by atoms with E-state index in [1.165, 1.54) is 16.8 Å². The Hall–Kier alpha value is -3.32. The Labute approximate surface area is 159 Å². The summed E-state index contributed by atoms with van der Waals surface area (Å²) in [7, 11) is 0. The van der Waals surface area contributed by atoms with Gasteiger partial charge in [0.15, 0.2) is 0 Å². The summed E-state index contributed by atoms with van der Waals surface area (Å²) in [5, 5.41) is 9.41. The molecule has 4 rings (SSSR count). The first-order valence-electron chi connectivity index (χ1n) is 8.28. The minimum absolute atomic E-state index is 0.258. The largest absolute Gasteiger partial charge is 0.347 e. The Morgan fingerprint density at radius 2 is 1.89 bits per heavy atom. The molecule has 0 unspecified atom stereocenters. The maximum absolute atomic E-state index is 13.3. The molecule has 134 valence electrons. The molecule has 3 aromatic heterocycles. The lowest BCUT2D eigenvalue weighted by Gasteiger charge is -2.08. The molecule has 1 aromatic carbocycles. The second-order valence-electron chi connectivity index (χ2n) is 5.82. The smallest absolute Gasteiger partial charge is 0.270 e. The van der Waals surface area contributed by atoms with Crippen molar-refractivity contribution < 1.29 is 9.18 Å². The summed E-state index contributed by atoms with van der Waals surface area (Å²) in [4.78, 5) is 17.7. The first kappa shape index (κ1) is 17.1. The van der Waals surface area contributed by atoms with Crippen LogP contribution < -0.4 is 5.32 Å². The molecule has 0 saturated heterocycles. The van der Waals surface area contributed by atoms with Crippen molar-refractivity contribution in [2.75, 3.05) is 0 Å². The molecule has 0 spiro atoms. The number of pyridine rings is 1. The summed E-state index contributed by atoms with van der Waals surface area (Å²) >= 11 is 1.54. The molecular weight excluding hydrogens is 363 g/mol. The van der Waals surface area contributed by atoms with E-state index in [2.05, 4.69) is 15.4 Å². The molecule has 4 aromatic rings. The highest BCUT2D eigenvalue weighted by atomic mass is 32.1. The van der Waals surface area contributed by atoms with Crippen LogP contribution in [0.5, 0.6) is 0 Å². The fourth-order valence-electron chi connectivity index (χ4n) is 2.64. The predicted molar refractivity (Wildman–Crippen MR) is 102 cm³/mol. The third-order valence-corrected chi connectivity index (χ3v) is 4.88. The zero-order valence-corrected chi connectivity index (χ0v) is 15.0. The lowest BCUT2D eigenvalue weighted by molar-refractivity contribution is 0.0943. The van der Waals surface area contributed by atoms with Crippen LogP contribution in [0.25, 0.3) is 16.3 Å². The second kappa shape index (κ2) is 7.51. The van der Waals surface area contributed by atoms with Gasteiger partial charge in [-0.05, 0) is 59.5 Å². The van der Waals surface area contributed by atoms with Crippen LogP contribution in [0.1, 0.15) is 16.1 Å². The summed E-state index contributed by atoms with van der Waals surface area (Å²) in [6, 6.07) is 15.2. The van der Waals surface area contributed by atoms with Crippen molar-refractivity contribution in [2.45, 2.75) is 6.54 Å². The normalized spacial score (nSPS) is 10.7. The molecule has 0 atom stereocenters. The number of carbonyl (C=O) groups excluding carboxylic acids is 1. The molecule has 0 fully saturated rings. The number of halogens is 1. The van der Waals surface area contributed by atoms with E-state index in [4.69, 9.17) is 0 Å². The van der Waals surface area contributed by atoms with Crippen molar-refractivity contribution in [1.82, 2.24) is 20.1 Å². The van der Waals surface area contributed by atoms with Gasteiger partial charge in [0, 0.05) is 18.9 Å². The van der Waals surface area contributed by atoms with Crippen molar-refractivity contribution in [3.63, 3.8) is 0 Å². The number of carbonyl (C=O) groups is 1. The third kappa shape index (κ3) is 3.78. The van der Waals surface area contributed by atoms with Gasteiger partial charge in [0.05, 0.1) is 10.6 Å². The van der Waals surface area contributed by atoms with E-state index in [1.807, 2.05) is 29.6 Å². The van der Waals surface area contributed by atoms with Crippen LogP contribution in [0.4, 0.5) is 4.39 Å². The van der Waals surface area contributed by atoms with Gasteiger partial charge in [0.1, 0.15) is 17.2 Å². The molecule has 0 bridgehead atoms. The Morgan fingerprint density at radius 1 is 1.11 bits per heavy atom. The molecule has 5 nitrogen and oxygen atoms in total. The third-order valence-electron chi connectivity index (χ3n) is 3.99. The van der Waals surface area contributed by atoms with Gasteiger partial charge in [-0.15, -0.1) is 11.3 Å². The SMILES string of the molecule is O=C(NCc1ccncc1)c1cc(-c2cccs2)nn1-c1ccc(F)cc1. The van der Waals surface area contributed by atoms with Crippen LogP contribution in [-0.4, -0.2) is 20.7 Å². The Bertz CT molecular complexity index is 1040. The van der Waals surface area contributed by atoms with Gasteiger partial charge >= 0.3 is 0 Å². The van der Waals surface area contributed by atoms with Gasteiger partial charge in [-0.3, -0.25) is 9.78 Å². The molecule has 0 aliphatic heterocycles. The standard InChI is InChI=1S/C20H15FN4OS/c21-15-3-5-16(6-4-15)25-18(12-17(24-25)19-2-1-11-27-19)20(26)23-13-14-7-9-22-10-8-14/h1-12H,13H2,(H,23,26). The minimum atomic E-state index is -0.340. The van der Waals surface area contributed by atoms with Gasteiger partial charge in [-0.25, -0.2) is 9.07 Å². The Balaban J connectivity index is 1.67. The summed E-state index contributed by atoms with van der Waals surface area (Å²) in [5.74, 6) is -0.598. The topological polar surface area (TPSA) is 59.8 Å². The average molecular weight is 378 g/mol. The van der Waals surface area contributed by atoms with E-state index in [-0.39, 0.29) is 11.7 Å². The lowest BCUT2D eigenvalue weighted by Crippen LogP contribution is -2.25. The van der Waals surface area contributed by atoms with Crippen LogP contribution in [0.15, 0.2) is 72.4 Å². The van der Waals surface area contributed by atoms with Gasteiger partial charge in [0.25, 0.3) is 5.91 Å². The van der Waals surface area contributed by atoms with Crippen LogP contribution >= 0.6 is 11.3 Å². The Morgan fingerprint density at radius 3 is 2.59 bits per heavy atom. The van der Waals surface area contributed by atoms with Gasteiger partial charge in [-0.1, -0.05) is 6.07 Å². The number of nitrogens with one attached hydrogen (secondary N) is 1. The highest BCUT2D eigenvalue weighted by Crippen LogP contribution is 2.26. The van der Waals surface area contributed by atoms with E-state index in [1.54, 1.807) is 41.9 Å². The fourth-order valence-corrected chi connectivity index (χ4v) is 3.32. The molecule has 0 aliphatic rings. The first-order chi connectivity index (χ1) is 13.2. The quantitative estimate of drug-likeness (QED) is 0.570. The van der Waals surface area contributed by atoms with E-state index >= 15 is 0 Å². The number of hydrogen-bond acceptors (Lipinski definition) is 4. The van der Waals surface area contributed by atoms with Crippen LogP contribution in [-0.2, 0) is 6.54 Å². The summed E-state index contributed by atoms with van der Waals surface area (Å²) < 4.78 is 14.8. The van der Waals surface area contributed by atoms with Crippen molar-refractivity contribution in [3.05, 3.63) is 89.4 Å². The molecule has 1 N–H and O–H groups in total. The van der Waals surface area contributed by atoms with Crippen molar-refractivity contribution in [3.8, 4) is 16.3 Å². The minimum Gasteiger partial charge on any atom is -0.347 e. The molecule has 7 heteroatoms. The number of benzene rings is 1. The van der Waals surface area contributed by atoms with Crippen LogP contribution in [0.3, 0.4) is 0 Å². The average Bonchev–Trinajstić information content (AvgIpc) is 3.37. The summed E-state index contributed by atoms with van der Waals surface area (Å²) in [6.45, 7) is 0.379. The van der Waals surface area contributed by atoms with E-state index in [9.17, 15) is 9.18 Å². The van der Waals surface area contributed by atoms with Gasteiger partial charge in [-0.2, -0.15) is 5.10 Å². The molecular formula is C20H15FN4OS. The van der Waals surface area contributed by atoms with Gasteiger partial charge in [0.2, 0.25) is 0 Å². The van der Waals surface area contributed by atoms with Crippen LogP contribution in [0, 0.1) is 5.82 Å². The number of thiophene rings is 1. The molecule has 0 radical (unpaired) electrons. The highest BCUT2D eigenvalue weighted by molar-refractivity contribution is 7.13. The van der Waals surface area contributed by atoms with Crippen molar-refractivity contribution in [1.29, 1.82) is 0 Å². The molecule has 27 heavy (non-hydrogen) atoms. The van der Waals surface area contributed by atoms with Crippen molar-refractivity contribution in [2.24, 2.45) is 0 Å². The highest BCUT2D eigenvalue weighted by Gasteiger charge is 2.18. The maximum Gasteiger partial charge on any atom is 0.270 e. The van der Waals surface area contributed by atoms with E-state index in [0.29, 0.717) is 23.6 Å². The Kier molecular flexibility index (Phi) is 4.76. The molecule has 1 amide bonds. The second-order valence-corrected chi connectivity index (χ2v) is 6.77. The van der Waals surface area contributed by atoms with E-state index < -0.39 is 0 Å². The molecule has 0 saturated carbocycles. The summed E-state index contributed by atoms with van der Waals surface area (Å²) in [5.41, 5.74) is 2.65. The fraction of sp³-hybridized carbons (Fsp3) is 0.0500. The van der Waals surface area contributed by atoms with Crippen LogP contribution in [0.2, 0.25) is 0 Å². The molecule has 3 heterocycles. The number of rotatable bonds is 5. The lowest BCUT2D eigenvalue weighted by atomic mass is 10.2. The predicted octanol–water partition coefficient (Wildman–Crippen LogP) is 4.06. The number of aromatic nitrogens is 3. The first-order valence-corrected chi connectivity index (χ1v) is 9.15. The zero-order valence-electron chi connectivity index (χ0n) is 14.2. The maximum atomic E-state index is 13.3. The molecule has 0 aliphatic carbocycles. The summed E-state index contributed by atoms with van der Waals surface area (Å²) in [6.07, 6.45) is 3.36. The zero-order chi connectivity index (χ0) is 18.6. The monoisotopic (exact) mass is 378 g/mol.